The predicted octanol–water partition coefficient (Wildman–Crippen LogP) is 2.13. The summed E-state index contributed by atoms with van der Waals surface area (Å²) in [7, 11) is -0.517. The number of nitrogens with one attached hydrogen (secondary N) is 1. The third kappa shape index (κ3) is 6.56. The lowest BCUT2D eigenvalue weighted by atomic mass is 10.1. The minimum Gasteiger partial charge on any atom is -0.497 e. The van der Waals surface area contributed by atoms with Crippen LogP contribution < -0.4 is 23.8 Å². The van der Waals surface area contributed by atoms with E-state index in [9.17, 15) is 18.0 Å². The highest BCUT2D eigenvalue weighted by Gasteiger charge is 2.26. The Bertz CT molecular complexity index is 1150. The topological polar surface area (TPSA) is 114 Å². The van der Waals surface area contributed by atoms with Crippen LogP contribution in [0.2, 0.25) is 0 Å². The van der Waals surface area contributed by atoms with Gasteiger partial charge in [-0.25, -0.2) is 8.42 Å². The number of nitrogens with zero attached hydrogens (tertiary/aromatic N) is 2. The van der Waals surface area contributed by atoms with Crippen molar-refractivity contribution in [3.63, 3.8) is 0 Å². The molecule has 0 fully saturated rings. The van der Waals surface area contributed by atoms with Crippen LogP contribution in [0.4, 0.5) is 5.69 Å². The van der Waals surface area contributed by atoms with Crippen molar-refractivity contribution < 1.29 is 32.2 Å². The Labute approximate surface area is 205 Å². The second-order valence-electron chi connectivity index (χ2n) is 8.14. The van der Waals surface area contributed by atoms with Gasteiger partial charge in [0.15, 0.2) is 11.5 Å². The summed E-state index contributed by atoms with van der Waals surface area (Å²) in [5.74, 6) is 1.17. The number of anilines is 1. The van der Waals surface area contributed by atoms with Crippen LogP contribution in [0.1, 0.15) is 25.3 Å². The van der Waals surface area contributed by atoms with Gasteiger partial charge in [0.25, 0.3) is 0 Å². The fourth-order valence-corrected chi connectivity index (χ4v) is 4.72. The molecule has 0 radical (unpaired) electrons. The van der Waals surface area contributed by atoms with Crippen LogP contribution >= 0.6 is 0 Å². The van der Waals surface area contributed by atoms with E-state index in [0.29, 0.717) is 22.9 Å². The maximum atomic E-state index is 13.2. The molecule has 1 heterocycles. The van der Waals surface area contributed by atoms with Gasteiger partial charge in [0.1, 0.15) is 11.8 Å². The smallest absolute Gasteiger partial charge is 0.242 e. The Hall–Kier alpha value is -3.47. The molecule has 10 nitrogen and oxygen atoms in total. The lowest BCUT2D eigenvalue weighted by molar-refractivity contribution is -0.140. The van der Waals surface area contributed by atoms with Crippen molar-refractivity contribution in [2.75, 3.05) is 38.1 Å². The average Bonchev–Trinajstić information content (AvgIpc) is 3.31. The Kier molecular flexibility index (Phi) is 8.44. The van der Waals surface area contributed by atoms with Crippen molar-refractivity contribution in [2.24, 2.45) is 0 Å². The van der Waals surface area contributed by atoms with Crippen LogP contribution in [-0.4, -0.2) is 64.9 Å². The molecule has 0 aromatic heterocycles. The summed E-state index contributed by atoms with van der Waals surface area (Å²) in [6.45, 7) is 2.07. The summed E-state index contributed by atoms with van der Waals surface area (Å²) in [4.78, 5) is 27.0. The van der Waals surface area contributed by atoms with Crippen LogP contribution in [0, 0.1) is 0 Å². The molecule has 35 heavy (non-hydrogen) atoms. The summed E-state index contributed by atoms with van der Waals surface area (Å²) in [5.41, 5.74) is 1.27. The Morgan fingerprint density at radius 3 is 2.43 bits per heavy atom. The van der Waals surface area contributed by atoms with Gasteiger partial charge in [0.2, 0.25) is 28.6 Å². The van der Waals surface area contributed by atoms with Crippen molar-refractivity contribution in [3.8, 4) is 17.2 Å². The SMILES string of the molecule is CNC(=O)[C@@H](C)N(Cc1ccc(OC)cc1)C(=O)CCCN(c1ccc2c(c1)OCO2)S(C)(=O)=O. The number of benzene rings is 2. The van der Waals surface area contributed by atoms with Crippen LogP contribution in [0.3, 0.4) is 0 Å². The Balaban J connectivity index is 1.71. The van der Waals surface area contributed by atoms with Crippen molar-refractivity contribution in [1.29, 1.82) is 0 Å². The number of methoxy groups -OCH3 is 1. The highest BCUT2D eigenvalue weighted by Crippen LogP contribution is 2.36. The second kappa shape index (κ2) is 11.3. The number of sulfonamides is 1. The molecule has 190 valence electrons. The van der Waals surface area contributed by atoms with E-state index in [-0.39, 0.29) is 44.5 Å². The molecule has 0 aliphatic carbocycles. The van der Waals surface area contributed by atoms with Crippen molar-refractivity contribution >= 4 is 27.5 Å². The highest BCUT2D eigenvalue weighted by atomic mass is 32.2. The maximum Gasteiger partial charge on any atom is 0.242 e. The van der Waals surface area contributed by atoms with E-state index in [0.717, 1.165) is 11.8 Å². The van der Waals surface area contributed by atoms with Gasteiger partial charge in [-0.2, -0.15) is 0 Å². The lowest BCUT2D eigenvalue weighted by Crippen LogP contribution is -2.46. The van der Waals surface area contributed by atoms with Crippen LogP contribution in [0.25, 0.3) is 0 Å². The zero-order chi connectivity index (χ0) is 25.6. The van der Waals surface area contributed by atoms with E-state index < -0.39 is 16.1 Å². The molecular formula is C24H31N3O7S. The van der Waals surface area contributed by atoms with Gasteiger partial charge >= 0.3 is 0 Å². The maximum absolute atomic E-state index is 13.2. The molecule has 0 saturated heterocycles. The number of carbonyl (C=O) groups excluding carboxylic acids is 2. The molecule has 0 spiro atoms. The lowest BCUT2D eigenvalue weighted by Gasteiger charge is -2.29. The van der Waals surface area contributed by atoms with Crippen molar-refractivity contribution in [3.05, 3.63) is 48.0 Å². The van der Waals surface area contributed by atoms with E-state index in [4.69, 9.17) is 14.2 Å². The molecule has 1 aliphatic heterocycles. The molecule has 11 heteroatoms. The summed E-state index contributed by atoms with van der Waals surface area (Å²) in [5, 5.41) is 2.58. The molecule has 1 N–H and O–H groups in total. The standard InChI is InChI=1S/C24H31N3O7S/c1-17(24(29)25-2)26(15-18-7-10-20(32-3)11-8-18)23(28)6-5-13-27(35(4,30)31)19-9-12-21-22(14-19)34-16-33-21/h7-12,14,17H,5-6,13,15-16H2,1-4H3,(H,25,29)/t17-/m1/s1. The fraction of sp³-hybridized carbons (Fsp3) is 0.417. The largest absolute Gasteiger partial charge is 0.497 e. The fourth-order valence-electron chi connectivity index (χ4n) is 3.76. The molecular weight excluding hydrogens is 474 g/mol. The van der Waals surface area contributed by atoms with Crippen LogP contribution in [0.5, 0.6) is 17.2 Å². The third-order valence-corrected chi connectivity index (χ3v) is 6.92. The molecule has 0 bridgehead atoms. The number of hydrogen-bond acceptors (Lipinski definition) is 7. The number of amides is 2. The zero-order valence-electron chi connectivity index (χ0n) is 20.3. The molecule has 3 rings (SSSR count). The van der Waals surface area contributed by atoms with E-state index in [1.807, 2.05) is 12.1 Å². The van der Waals surface area contributed by atoms with Crippen LogP contribution in [-0.2, 0) is 26.2 Å². The van der Waals surface area contributed by atoms with Gasteiger partial charge in [-0.05, 0) is 43.2 Å². The van der Waals surface area contributed by atoms with E-state index in [1.165, 1.54) is 16.3 Å². The molecule has 2 aromatic carbocycles. The number of rotatable bonds is 11. The summed E-state index contributed by atoms with van der Waals surface area (Å²) in [6.07, 6.45) is 1.44. The minimum absolute atomic E-state index is 0.0636. The number of carbonyl (C=O) groups is 2. The van der Waals surface area contributed by atoms with Gasteiger partial charge in [-0.15, -0.1) is 0 Å². The predicted molar refractivity (Wildman–Crippen MR) is 131 cm³/mol. The molecule has 2 amide bonds. The average molecular weight is 506 g/mol. The molecule has 2 aromatic rings. The van der Waals surface area contributed by atoms with Gasteiger partial charge in [0.05, 0.1) is 19.1 Å². The van der Waals surface area contributed by atoms with Gasteiger partial charge < -0.3 is 24.4 Å². The van der Waals surface area contributed by atoms with Gasteiger partial charge in [-0.1, -0.05) is 12.1 Å². The number of fused-ring (bicyclic) bond motifs is 1. The summed E-state index contributed by atoms with van der Waals surface area (Å²) < 4.78 is 42.0. The third-order valence-electron chi connectivity index (χ3n) is 5.72. The second-order valence-corrected chi connectivity index (χ2v) is 10.0. The van der Waals surface area contributed by atoms with E-state index >= 15 is 0 Å². The zero-order valence-corrected chi connectivity index (χ0v) is 21.1. The first kappa shape index (κ1) is 26.1. The molecule has 1 atom stereocenters. The van der Waals surface area contributed by atoms with Gasteiger partial charge in [0, 0.05) is 32.6 Å². The summed E-state index contributed by atoms with van der Waals surface area (Å²) in [6, 6.07) is 11.4. The van der Waals surface area contributed by atoms with Gasteiger partial charge in [-0.3, -0.25) is 13.9 Å². The quantitative estimate of drug-likeness (QED) is 0.498. The first-order chi connectivity index (χ1) is 16.6. The van der Waals surface area contributed by atoms with Crippen molar-refractivity contribution in [2.45, 2.75) is 32.4 Å². The Morgan fingerprint density at radius 2 is 1.80 bits per heavy atom. The number of ether oxygens (including phenoxy) is 3. The first-order valence-electron chi connectivity index (χ1n) is 11.2. The monoisotopic (exact) mass is 505 g/mol. The van der Waals surface area contributed by atoms with E-state index in [2.05, 4.69) is 5.32 Å². The minimum atomic E-state index is -3.61. The molecule has 0 unspecified atom stereocenters. The molecule has 0 saturated carbocycles. The normalized spacial score (nSPS) is 13.1. The number of hydrogen-bond donors (Lipinski definition) is 1. The molecule has 1 aliphatic rings. The van der Waals surface area contributed by atoms with Crippen molar-refractivity contribution in [1.82, 2.24) is 10.2 Å². The number of likely N-dealkylation sites (N-methyl/N-ethyl adjacent to an activating group) is 1. The highest BCUT2D eigenvalue weighted by molar-refractivity contribution is 7.92. The summed E-state index contributed by atoms with van der Waals surface area (Å²) >= 11 is 0. The Morgan fingerprint density at radius 1 is 1.11 bits per heavy atom. The van der Waals surface area contributed by atoms with Crippen LogP contribution in [0.15, 0.2) is 42.5 Å². The van der Waals surface area contributed by atoms with E-state index in [1.54, 1.807) is 44.4 Å². The first-order valence-corrected chi connectivity index (χ1v) is 13.0.